The first-order chi connectivity index (χ1) is 5.99. The van der Waals surface area contributed by atoms with Crippen molar-refractivity contribution >= 4 is 0 Å². The van der Waals surface area contributed by atoms with E-state index in [1.165, 1.54) is 6.42 Å². The van der Waals surface area contributed by atoms with Crippen LogP contribution in [-0.4, -0.2) is 11.2 Å². The molecule has 0 amide bonds. The molecule has 0 heterocycles. The fraction of sp³-hybridized carbons (Fsp3) is 0.833. The molecule has 0 aromatic heterocycles. The summed E-state index contributed by atoms with van der Waals surface area (Å²) in [5.41, 5.74) is 0.0666. The van der Waals surface area contributed by atoms with Gasteiger partial charge in [-0.1, -0.05) is 24.7 Å². The summed E-state index contributed by atoms with van der Waals surface area (Å²) in [6.45, 7) is 6.32. The van der Waals surface area contributed by atoms with E-state index in [1.54, 1.807) is 0 Å². The second kappa shape index (κ2) is 4.15. The second-order valence-corrected chi connectivity index (χ2v) is 4.98. The SMILES string of the molecule is CC(C)(C)C#C[C@H]1CCCC[C@@H]1O. The average molecular weight is 180 g/mol. The Balaban J connectivity index is 2.54. The van der Waals surface area contributed by atoms with E-state index in [9.17, 15) is 5.11 Å². The van der Waals surface area contributed by atoms with Crippen molar-refractivity contribution in [2.75, 3.05) is 0 Å². The zero-order valence-corrected chi connectivity index (χ0v) is 8.93. The summed E-state index contributed by atoms with van der Waals surface area (Å²) in [4.78, 5) is 0. The third-order valence-electron chi connectivity index (χ3n) is 2.36. The average Bonchev–Trinajstić information content (AvgIpc) is 2.01. The molecule has 13 heavy (non-hydrogen) atoms. The zero-order chi connectivity index (χ0) is 9.90. The van der Waals surface area contributed by atoms with Gasteiger partial charge in [0.1, 0.15) is 0 Å². The van der Waals surface area contributed by atoms with Gasteiger partial charge in [-0.3, -0.25) is 0 Å². The van der Waals surface area contributed by atoms with Crippen LogP contribution in [0.4, 0.5) is 0 Å². The van der Waals surface area contributed by atoms with Crippen molar-refractivity contribution < 1.29 is 5.11 Å². The summed E-state index contributed by atoms with van der Waals surface area (Å²) in [6.07, 6.45) is 4.21. The highest BCUT2D eigenvalue weighted by atomic mass is 16.3. The molecule has 0 aromatic carbocycles. The van der Waals surface area contributed by atoms with E-state index < -0.39 is 0 Å². The molecular formula is C12H20O. The Morgan fingerprint density at radius 1 is 1.15 bits per heavy atom. The molecule has 0 radical (unpaired) electrons. The Morgan fingerprint density at radius 2 is 1.77 bits per heavy atom. The summed E-state index contributed by atoms with van der Waals surface area (Å²) in [7, 11) is 0. The summed E-state index contributed by atoms with van der Waals surface area (Å²) < 4.78 is 0. The molecule has 1 nitrogen and oxygen atoms in total. The van der Waals surface area contributed by atoms with Crippen molar-refractivity contribution in [1.29, 1.82) is 0 Å². The molecule has 0 unspecified atom stereocenters. The van der Waals surface area contributed by atoms with Gasteiger partial charge in [-0.2, -0.15) is 0 Å². The topological polar surface area (TPSA) is 20.2 Å². The van der Waals surface area contributed by atoms with Crippen molar-refractivity contribution in [3.63, 3.8) is 0 Å². The van der Waals surface area contributed by atoms with E-state index in [1.807, 2.05) is 0 Å². The van der Waals surface area contributed by atoms with Crippen LogP contribution in [0.5, 0.6) is 0 Å². The standard InChI is InChI=1S/C12H20O/c1-12(2,3)9-8-10-6-4-5-7-11(10)13/h10-11,13H,4-7H2,1-3H3/t10-,11+/m1/s1. The van der Waals surface area contributed by atoms with Crippen LogP contribution < -0.4 is 0 Å². The zero-order valence-electron chi connectivity index (χ0n) is 8.93. The Kier molecular flexibility index (Phi) is 3.39. The van der Waals surface area contributed by atoms with E-state index in [4.69, 9.17) is 0 Å². The number of aliphatic hydroxyl groups excluding tert-OH is 1. The molecule has 0 aliphatic heterocycles. The van der Waals surface area contributed by atoms with Gasteiger partial charge in [0, 0.05) is 11.3 Å². The Bertz CT molecular complexity index is 214. The van der Waals surface area contributed by atoms with Crippen molar-refractivity contribution in [2.24, 2.45) is 11.3 Å². The largest absolute Gasteiger partial charge is 0.392 e. The fourth-order valence-corrected chi connectivity index (χ4v) is 1.59. The number of hydrogen-bond acceptors (Lipinski definition) is 1. The molecule has 74 valence electrons. The van der Waals surface area contributed by atoms with Gasteiger partial charge >= 0.3 is 0 Å². The molecule has 1 aliphatic carbocycles. The van der Waals surface area contributed by atoms with Crippen LogP contribution >= 0.6 is 0 Å². The van der Waals surface area contributed by atoms with Crippen LogP contribution in [0.1, 0.15) is 46.5 Å². The van der Waals surface area contributed by atoms with Gasteiger partial charge in [-0.05, 0) is 33.6 Å². The lowest BCUT2D eigenvalue weighted by molar-refractivity contribution is 0.0968. The van der Waals surface area contributed by atoms with E-state index >= 15 is 0 Å². The molecule has 1 saturated carbocycles. The van der Waals surface area contributed by atoms with Gasteiger partial charge in [-0.15, -0.1) is 0 Å². The van der Waals surface area contributed by atoms with Gasteiger partial charge in [0.25, 0.3) is 0 Å². The minimum Gasteiger partial charge on any atom is -0.392 e. The number of rotatable bonds is 0. The van der Waals surface area contributed by atoms with Crippen molar-refractivity contribution in [1.82, 2.24) is 0 Å². The third-order valence-corrected chi connectivity index (χ3v) is 2.36. The normalized spacial score (nSPS) is 29.2. The van der Waals surface area contributed by atoms with Crippen molar-refractivity contribution in [3.8, 4) is 11.8 Å². The first-order valence-corrected chi connectivity index (χ1v) is 5.20. The minimum atomic E-state index is -0.177. The fourth-order valence-electron chi connectivity index (χ4n) is 1.59. The molecule has 1 aliphatic rings. The number of aliphatic hydroxyl groups is 1. The highest BCUT2D eigenvalue weighted by molar-refractivity contribution is 5.12. The Labute approximate surface area is 81.5 Å². The highest BCUT2D eigenvalue weighted by Crippen LogP contribution is 2.24. The van der Waals surface area contributed by atoms with E-state index in [2.05, 4.69) is 32.6 Å². The predicted molar refractivity (Wildman–Crippen MR) is 55.2 cm³/mol. The van der Waals surface area contributed by atoms with Crippen LogP contribution in [0.3, 0.4) is 0 Å². The molecule has 0 aromatic rings. The quantitative estimate of drug-likeness (QED) is 0.568. The molecule has 0 spiro atoms. The van der Waals surface area contributed by atoms with Gasteiger partial charge in [0.2, 0.25) is 0 Å². The number of hydrogen-bond donors (Lipinski definition) is 1. The van der Waals surface area contributed by atoms with E-state index in [0.717, 1.165) is 19.3 Å². The lowest BCUT2D eigenvalue weighted by atomic mass is 9.86. The summed E-state index contributed by atoms with van der Waals surface area (Å²) in [5.74, 6) is 6.65. The summed E-state index contributed by atoms with van der Waals surface area (Å²) in [6, 6.07) is 0. The van der Waals surface area contributed by atoms with Crippen LogP contribution in [-0.2, 0) is 0 Å². The monoisotopic (exact) mass is 180 g/mol. The first kappa shape index (κ1) is 10.6. The maximum absolute atomic E-state index is 9.66. The lowest BCUT2D eigenvalue weighted by Crippen LogP contribution is -2.23. The molecule has 1 fully saturated rings. The Hall–Kier alpha value is -0.480. The van der Waals surface area contributed by atoms with Crippen LogP contribution in [0.25, 0.3) is 0 Å². The van der Waals surface area contributed by atoms with E-state index in [-0.39, 0.29) is 17.4 Å². The molecule has 0 bridgehead atoms. The van der Waals surface area contributed by atoms with Gasteiger partial charge in [-0.25, -0.2) is 0 Å². The molecule has 0 saturated heterocycles. The lowest BCUT2D eigenvalue weighted by Gasteiger charge is -2.23. The van der Waals surface area contributed by atoms with Crippen LogP contribution in [0, 0.1) is 23.2 Å². The van der Waals surface area contributed by atoms with E-state index in [0.29, 0.717) is 0 Å². The first-order valence-electron chi connectivity index (χ1n) is 5.20. The van der Waals surface area contributed by atoms with Crippen molar-refractivity contribution in [3.05, 3.63) is 0 Å². The second-order valence-electron chi connectivity index (χ2n) is 4.98. The molecule has 2 atom stereocenters. The van der Waals surface area contributed by atoms with Gasteiger partial charge in [0.15, 0.2) is 0 Å². The highest BCUT2D eigenvalue weighted by Gasteiger charge is 2.21. The molecule has 1 N–H and O–H groups in total. The minimum absolute atomic E-state index is 0.0666. The third kappa shape index (κ3) is 3.83. The predicted octanol–water partition coefficient (Wildman–Crippen LogP) is 2.59. The van der Waals surface area contributed by atoms with Crippen LogP contribution in [0.15, 0.2) is 0 Å². The summed E-state index contributed by atoms with van der Waals surface area (Å²) >= 11 is 0. The Morgan fingerprint density at radius 3 is 2.31 bits per heavy atom. The maximum atomic E-state index is 9.66. The smallest absolute Gasteiger partial charge is 0.0677 e. The summed E-state index contributed by atoms with van der Waals surface area (Å²) in [5, 5.41) is 9.66. The molecule has 1 heteroatoms. The van der Waals surface area contributed by atoms with Gasteiger partial charge in [0.05, 0.1) is 6.10 Å². The molecule has 1 rings (SSSR count). The molecular weight excluding hydrogens is 160 g/mol. The van der Waals surface area contributed by atoms with Crippen LogP contribution in [0.2, 0.25) is 0 Å². The van der Waals surface area contributed by atoms with Gasteiger partial charge < -0.3 is 5.11 Å². The maximum Gasteiger partial charge on any atom is 0.0677 e. The van der Waals surface area contributed by atoms with Crippen molar-refractivity contribution in [2.45, 2.75) is 52.6 Å².